The number of aliphatic hydroxyl groups excluding tert-OH is 1. The molecule has 2 fully saturated rings. The Labute approximate surface area is 233 Å². The molecule has 3 amide bonds. The highest BCUT2D eigenvalue weighted by atomic mass is 19.1. The van der Waals surface area contributed by atoms with Gasteiger partial charge in [-0.1, -0.05) is 18.2 Å². The summed E-state index contributed by atoms with van der Waals surface area (Å²) < 4.78 is 21.2. The maximum atomic E-state index is 15.1. The molecule has 2 unspecified atom stereocenters. The number of aliphatic hydroxyl groups is 1. The minimum Gasteiger partial charge on any atom is -0.380 e. The molecule has 0 aliphatic carbocycles. The Hall–Kier alpha value is -3.34. The van der Waals surface area contributed by atoms with Gasteiger partial charge in [0.25, 0.3) is 11.8 Å². The summed E-state index contributed by atoms with van der Waals surface area (Å²) in [5, 5.41) is 15.2. The third-order valence-corrected chi connectivity index (χ3v) is 7.63. The predicted octanol–water partition coefficient (Wildman–Crippen LogP) is 3.41. The molecule has 3 heterocycles. The molecule has 2 aromatic carbocycles. The number of nitrogens with zero attached hydrogens (tertiary/aromatic N) is 2. The quantitative estimate of drug-likeness (QED) is 0.452. The van der Waals surface area contributed by atoms with Crippen LogP contribution in [0.5, 0.6) is 0 Å². The fraction of sp³-hybridized carbons (Fsp3) is 0.500. The standard InChI is InChI=1S/C30H37FN4O5/c1-30(2,3)40-20-11-13-34(14-12-20)17-18-7-8-19(22(31)15-18)16-32-23-6-4-5-21-26(23)29(39)35(28(21)38)24-9-10-25(36)33-27(24)37/h4-8,15,20,24-25,32,36H,9-14,16-17H2,1-3H3,(H,33,37). The summed E-state index contributed by atoms with van der Waals surface area (Å²) in [7, 11) is 0. The zero-order valence-electron chi connectivity index (χ0n) is 23.2. The van der Waals surface area contributed by atoms with E-state index in [1.165, 1.54) is 0 Å². The Morgan fingerprint density at radius 2 is 1.80 bits per heavy atom. The van der Waals surface area contributed by atoms with E-state index in [-0.39, 0.29) is 48.0 Å². The van der Waals surface area contributed by atoms with E-state index in [0.717, 1.165) is 36.4 Å². The highest BCUT2D eigenvalue weighted by Gasteiger charge is 2.45. The van der Waals surface area contributed by atoms with E-state index < -0.39 is 30.0 Å². The molecule has 0 spiro atoms. The van der Waals surface area contributed by atoms with Crippen molar-refractivity contribution in [2.24, 2.45) is 0 Å². The Kier molecular flexibility index (Phi) is 7.94. The first-order chi connectivity index (χ1) is 19.0. The van der Waals surface area contributed by atoms with Crippen molar-refractivity contribution in [3.63, 3.8) is 0 Å². The second kappa shape index (κ2) is 11.3. The molecule has 5 rings (SSSR count). The van der Waals surface area contributed by atoms with Crippen molar-refractivity contribution in [3.8, 4) is 0 Å². The van der Waals surface area contributed by atoms with Crippen molar-refractivity contribution in [3.05, 3.63) is 64.5 Å². The molecule has 2 aromatic rings. The third kappa shape index (κ3) is 6.04. The minimum absolute atomic E-state index is 0.121. The second-order valence-corrected chi connectivity index (χ2v) is 11.8. The first-order valence-electron chi connectivity index (χ1n) is 13.9. The Morgan fingerprint density at radius 3 is 2.48 bits per heavy atom. The molecule has 9 nitrogen and oxygen atoms in total. The molecule has 0 aromatic heterocycles. The van der Waals surface area contributed by atoms with Crippen molar-refractivity contribution >= 4 is 23.4 Å². The lowest BCUT2D eigenvalue weighted by Gasteiger charge is -2.35. The lowest BCUT2D eigenvalue weighted by atomic mass is 10.0. The van der Waals surface area contributed by atoms with Crippen LogP contribution in [-0.2, 0) is 22.6 Å². The van der Waals surface area contributed by atoms with Gasteiger partial charge in [-0.3, -0.25) is 24.2 Å². The zero-order chi connectivity index (χ0) is 28.6. The van der Waals surface area contributed by atoms with Gasteiger partial charge >= 0.3 is 0 Å². The number of hydrogen-bond donors (Lipinski definition) is 3. The van der Waals surface area contributed by atoms with Crippen LogP contribution in [-0.4, -0.2) is 69.7 Å². The highest BCUT2D eigenvalue weighted by Crippen LogP contribution is 2.33. The van der Waals surface area contributed by atoms with Crippen LogP contribution in [0.1, 0.15) is 78.3 Å². The fourth-order valence-electron chi connectivity index (χ4n) is 5.73. The largest absolute Gasteiger partial charge is 0.380 e. The molecular formula is C30H37FN4O5. The summed E-state index contributed by atoms with van der Waals surface area (Å²) in [6.07, 6.45) is 1.60. The van der Waals surface area contributed by atoms with Gasteiger partial charge in [0.1, 0.15) is 18.1 Å². The molecule has 214 valence electrons. The van der Waals surface area contributed by atoms with Crippen molar-refractivity contribution < 1.29 is 28.6 Å². The number of anilines is 1. The van der Waals surface area contributed by atoms with Crippen LogP contribution in [0.15, 0.2) is 36.4 Å². The summed E-state index contributed by atoms with van der Waals surface area (Å²) in [5.41, 5.74) is 1.94. The number of hydrogen-bond acceptors (Lipinski definition) is 7. The average Bonchev–Trinajstić information content (AvgIpc) is 3.14. The first-order valence-corrected chi connectivity index (χ1v) is 13.9. The molecule has 10 heteroatoms. The van der Waals surface area contributed by atoms with Gasteiger partial charge in [-0.15, -0.1) is 0 Å². The van der Waals surface area contributed by atoms with Crippen LogP contribution >= 0.6 is 0 Å². The van der Waals surface area contributed by atoms with Crippen molar-refractivity contribution in [2.75, 3.05) is 18.4 Å². The third-order valence-electron chi connectivity index (χ3n) is 7.63. The van der Waals surface area contributed by atoms with E-state index in [2.05, 4.69) is 36.3 Å². The molecule has 3 aliphatic heterocycles. The minimum atomic E-state index is -0.988. The molecule has 0 saturated carbocycles. The highest BCUT2D eigenvalue weighted by molar-refractivity contribution is 6.25. The number of fused-ring (bicyclic) bond motifs is 1. The van der Waals surface area contributed by atoms with Crippen molar-refractivity contribution in [1.29, 1.82) is 0 Å². The van der Waals surface area contributed by atoms with E-state index in [9.17, 15) is 19.5 Å². The van der Waals surface area contributed by atoms with Gasteiger partial charge in [0.15, 0.2) is 0 Å². The first kappa shape index (κ1) is 28.2. The summed E-state index contributed by atoms with van der Waals surface area (Å²) in [4.78, 5) is 42.0. The van der Waals surface area contributed by atoms with Gasteiger partial charge in [-0.05, 0) is 70.2 Å². The molecule has 3 N–H and O–H groups in total. The number of piperidine rings is 2. The Bertz CT molecular complexity index is 1300. The zero-order valence-corrected chi connectivity index (χ0v) is 23.2. The maximum Gasteiger partial charge on any atom is 0.264 e. The van der Waals surface area contributed by atoms with Crippen molar-refractivity contribution in [1.82, 2.24) is 15.1 Å². The number of imide groups is 1. The second-order valence-electron chi connectivity index (χ2n) is 11.8. The molecule has 3 aliphatic rings. The van der Waals surface area contributed by atoms with E-state index in [0.29, 0.717) is 17.8 Å². The lowest BCUT2D eigenvalue weighted by Crippen LogP contribution is -2.55. The monoisotopic (exact) mass is 552 g/mol. The predicted molar refractivity (Wildman–Crippen MR) is 147 cm³/mol. The molecule has 2 saturated heterocycles. The summed E-state index contributed by atoms with van der Waals surface area (Å²) in [6, 6.07) is 9.09. The number of likely N-dealkylation sites (tertiary alicyclic amines) is 1. The van der Waals surface area contributed by atoms with Gasteiger partial charge in [-0.2, -0.15) is 0 Å². The van der Waals surface area contributed by atoms with Crippen LogP contribution in [0.3, 0.4) is 0 Å². The van der Waals surface area contributed by atoms with Gasteiger partial charge in [0.2, 0.25) is 5.91 Å². The van der Waals surface area contributed by atoms with E-state index in [1.807, 2.05) is 6.07 Å². The van der Waals surface area contributed by atoms with E-state index in [4.69, 9.17) is 4.74 Å². The number of nitrogens with one attached hydrogen (secondary N) is 2. The number of carbonyl (C=O) groups excluding carboxylic acids is 3. The van der Waals surface area contributed by atoms with Crippen LogP contribution in [0.25, 0.3) is 0 Å². The van der Waals surface area contributed by atoms with Crippen LogP contribution in [0.2, 0.25) is 0 Å². The number of benzene rings is 2. The van der Waals surface area contributed by atoms with Crippen molar-refractivity contribution in [2.45, 2.75) is 83.5 Å². The fourth-order valence-corrected chi connectivity index (χ4v) is 5.73. The number of amides is 3. The summed E-state index contributed by atoms with van der Waals surface area (Å²) >= 11 is 0. The smallest absolute Gasteiger partial charge is 0.264 e. The van der Waals surface area contributed by atoms with Crippen LogP contribution < -0.4 is 10.6 Å². The van der Waals surface area contributed by atoms with Gasteiger partial charge in [-0.25, -0.2) is 4.39 Å². The number of rotatable bonds is 7. The van der Waals surface area contributed by atoms with Crippen LogP contribution in [0.4, 0.5) is 10.1 Å². The summed E-state index contributed by atoms with van der Waals surface area (Å²) in [5.74, 6) is -2.03. The average molecular weight is 553 g/mol. The topological polar surface area (TPSA) is 111 Å². The van der Waals surface area contributed by atoms with Gasteiger partial charge in [0, 0.05) is 37.4 Å². The molecule has 0 bridgehead atoms. The number of halogens is 1. The molecular weight excluding hydrogens is 515 g/mol. The Morgan fingerprint density at radius 1 is 1.05 bits per heavy atom. The Balaban J connectivity index is 1.21. The number of carbonyl (C=O) groups is 3. The van der Waals surface area contributed by atoms with E-state index in [1.54, 1.807) is 30.3 Å². The molecule has 40 heavy (non-hydrogen) atoms. The maximum absolute atomic E-state index is 15.1. The molecule has 0 radical (unpaired) electrons. The number of ether oxygens (including phenoxy) is 1. The lowest BCUT2D eigenvalue weighted by molar-refractivity contribution is -0.131. The van der Waals surface area contributed by atoms with Gasteiger partial charge in [0.05, 0.1) is 22.8 Å². The van der Waals surface area contributed by atoms with Gasteiger partial charge < -0.3 is 20.5 Å². The summed E-state index contributed by atoms with van der Waals surface area (Å²) in [6.45, 7) is 8.79. The SMILES string of the molecule is CC(C)(C)OC1CCN(Cc2ccc(CNc3cccc4c3C(=O)N(C3CCC(O)NC3=O)C4=O)c(F)c2)CC1. The molecule has 2 atom stereocenters. The van der Waals surface area contributed by atoms with Crippen LogP contribution in [0, 0.1) is 5.82 Å². The van der Waals surface area contributed by atoms with E-state index >= 15 is 4.39 Å². The normalized spacial score (nSPS) is 22.4.